The van der Waals surface area contributed by atoms with Gasteiger partial charge in [-0.25, -0.2) is 4.98 Å². The molecule has 0 bridgehead atoms. The molecule has 1 saturated heterocycles. The predicted molar refractivity (Wildman–Crippen MR) is 74.2 cm³/mol. The van der Waals surface area contributed by atoms with Crippen molar-refractivity contribution in [3.63, 3.8) is 0 Å². The molecule has 1 aliphatic heterocycles. The molecule has 0 saturated carbocycles. The summed E-state index contributed by atoms with van der Waals surface area (Å²) in [5.74, 6) is 0.0602. The van der Waals surface area contributed by atoms with E-state index in [9.17, 15) is 4.79 Å². The van der Waals surface area contributed by atoms with E-state index in [1.807, 2.05) is 23.4 Å². The van der Waals surface area contributed by atoms with Crippen LogP contribution in [0.3, 0.4) is 0 Å². The third-order valence-electron chi connectivity index (χ3n) is 3.73. The molecule has 100 valence electrons. The minimum atomic E-state index is 0.0602. The minimum Gasteiger partial charge on any atom is -0.346 e. The fraction of sp³-hybridized carbons (Fsp3) is 0.214. The van der Waals surface area contributed by atoms with Crippen LogP contribution < -0.4 is 0 Å². The number of fused-ring (bicyclic) bond motifs is 1. The largest absolute Gasteiger partial charge is 0.346 e. The van der Waals surface area contributed by atoms with Crippen LogP contribution in [-0.4, -0.2) is 44.1 Å². The van der Waals surface area contributed by atoms with E-state index >= 15 is 0 Å². The number of pyridine rings is 1. The van der Waals surface area contributed by atoms with Crippen LogP contribution >= 0.6 is 0 Å². The van der Waals surface area contributed by atoms with Crippen LogP contribution in [0.1, 0.15) is 16.8 Å². The third-order valence-corrected chi connectivity index (χ3v) is 3.73. The molecule has 0 spiro atoms. The third kappa shape index (κ3) is 1.61. The number of carbonyl (C=O) groups is 1. The number of aromatic nitrogens is 4. The molecule has 0 atom stereocenters. The van der Waals surface area contributed by atoms with Crippen molar-refractivity contribution in [2.45, 2.75) is 6.42 Å². The second-order valence-corrected chi connectivity index (χ2v) is 4.96. The summed E-state index contributed by atoms with van der Waals surface area (Å²) in [6.45, 7) is 1.69. The normalized spacial score (nSPS) is 14.5. The molecule has 1 aliphatic rings. The lowest BCUT2D eigenvalue weighted by Gasteiger charge is -2.30. The zero-order valence-electron chi connectivity index (χ0n) is 10.8. The molecular formula is C14H13N5O. The second-order valence-electron chi connectivity index (χ2n) is 4.96. The van der Waals surface area contributed by atoms with Crippen LogP contribution in [0.5, 0.6) is 0 Å². The Hall–Kier alpha value is -2.63. The highest BCUT2D eigenvalue weighted by molar-refractivity contribution is 6.01. The van der Waals surface area contributed by atoms with E-state index in [1.165, 1.54) is 0 Å². The van der Waals surface area contributed by atoms with Gasteiger partial charge in [0.15, 0.2) is 0 Å². The van der Waals surface area contributed by atoms with Crippen molar-refractivity contribution in [2.75, 3.05) is 13.1 Å². The standard InChI is InChI=1S/C14H13N5O/c20-14(19-2-1-3-19)9-4-11-12(10-6-17-18-7-10)8-16-13(11)15-5-9/h4-8H,1-3H2,(H,15,16)(H,17,18). The Balaban J connectivity index is 1.81. The molecule has 0 aromatic carbocycles. The van der Waals surface area contributed by atoms with Crippen molar-refractivity contribution < 1.29 is 4.79 Å². The molecule has 20 heavy (non-hydrogen) atoms. The summed E-state index contributed by atoms with van der Waals surface area (Å²) < 4.78 is 0. The number of carbonyl (C=O) groups excluding carboxylic acids is 1. The van der Waals surface area contributed by atoms with Gasteiger partial charge in [-0.1, -0.05) is 0 Å². The Morgan fingerprint density at radius 3 is 2.85 bits per heavy atom. The van der Waals surface area contributed by atoms with Crippen LogP contribution in [0.15, 0.2) is 30.9 Å². The average Bonchev–Trinajstić information content (AvgIpc) is 3.04. The molecule has 6 nitrogen and oxygen atoms in total. The highest BCUT2D eigenvalue weighted by Crippen LogP contribution is 2.27. The van der Waals surface area contributed by atoms with E-state index in [1.54, 1.807) is 12.4 Å². The average molecular weight is 267 g/mol. The minimum absolute atomic E-state index is 0.0602. The van der Waals surface area contributed by atoms with Gasteiger partial charge in [0.05, 0.1) is 11.8 Å². The highest BCUT2D eigenvalue weighted by Gasteiger charge is 2.22. The van der Waals surface area contributed by atoms with Crippen LogP contribution in [0.2, 0.25) is 0 Å². The summed E-state index contributed by atoms with van der Waals surface area (Å²) in [4.78, 5) is 21.5. The zero-order chi connectivity index (χ0) is 13.5. The lowest BCUT2D eigenvalue weighted by atomic mass is 10.1. The fourth-order valence-corrected chi connectivity index (χ4v) is 2.46. The molecule has 3 aromatic rings. The van der Waals surface area contributed by atoms with Crippen molar-refractivity contribution in [1.29, 1.82) is 0 Å². The lowest BCUT2D eigenvalue weighted by Crippen LogP contribution is -2.42. The first-order valence-electron chi connectivity index (χ1n) is 6.58. The molecule has 1 amide bonds. The SMILES string of the molecule is O=C(c1cnc2[nH]cc(-c3cn[nH]c3)c2c1)N1CCC1. The number of hydrogen-bond donors (Lipinski definition) is 2. The van der Waals surface area contributed by atoms with E-state index in [2.05, 4.69) is 20.2 Å². The summed E-state index contributed by atoms with van der Waals surface area (Å²) in [5, 5.41) is 7.70. The van der Waals surface area contributed by atoms with Crippen molar-refractivity contribution in [2.24, 2.45) is 0 Å². The van der Waals surface area contributed by atoms with Gasteiger partial charge in [-0.05, 0) is 12.5 Å². The maximum absolute atomic E-state index is 12.2. The number of hydrogen-bond acceptors (Lipinski definition) is 3. The number of aromatic amines is 2. The molecule has 4 heterocycles. The molecule has 1 fully saturated rings. The molecule has 0 unspecified atom stereocenters. The van der Waals surface area contributed by atoms with Crippen LogP contribution in [0.4, 0.5) is 0 Å². The smallest absolute Gasteiger partial charge is 0.255 e. The summed E-state index contributed by atoms with van der Waals surface area (Å²) in [5.41, 5.74) is 3.40. The lowest BCUT2D eigenvalue weighted by molar-refractivity contribution is 0.0651. The van der Waals surface area contributed by atoms with E-state index in [-0.39, 0.29) is 5.91 Å². The Bertz CT molecular complexity index is 770. The van der Waals surface area contributed by atoms with Crippen molar-refractivity contribution >= 4 is 16.9 Å². The number of rotatable bonds is 2. The maximum Gasteiger partial charge on any atom is 0.255 e. The number of amides is 1. The Labute approximate surface area is 114 Å². The highest BCUT2D eigenvalue weighted by atomic mass is 16.2. The van der Waals surface area contributed by atoms with Gasteiger partial charge in [0.25, 0.3) is 5.91 Å². The molecule has 2 N–H and O–H groups in total. The number of nitrogens with one attached hydrogen (secondary N) is 2. The van der Waals surface area contributed by atoms with Crippen LogP contribution in [0.25, 0.3) is 22.2 Å². The van der Waals surface area contributed by atoms with E-state index in [0.717, 1.165) is 41.7 Å². The van der Waals surface area contributed by atoms with Crippen molar-refractivity contribution in [3.8, 4) is 11.1 Å². The Morgan fingerprint density at radius 2 is 2.15 bits per heavy atom. The van der Waals surface area contributed by atoms with Crippen LogP contribution in [-0.2, 0) is 0 Å². The first kappa shape index (κ1) is 11.2. The number of H-pyrrole nitrogens is 2. The van der Waals surface area contributed by atoms with Gasteiger partial charge >= 0.3 is 0 Å². The van der Waals surface area contributed by atoms with Gasteiger partial charge in [-0.2, -0.15) is 5.10 Å². The van der Waals surface area contributed by atoms with Crippen molar-refractivity contribution in [1.82, 2.24) is 25.1 Å². The van der Waals surface area contributed by atoms with Gasteiger partial charge < -0.3 is 9.88 Å². The zero-order valence-corrected chi connectivity index (χ0v) is 10.8. The Morgan fingerprint density at radius 1 is 1.25 bits per heavy atom. The monoisotopic (exact) mass is 267 g/mol. The molecule has 4 rings (SSSR count). The summed E-state index contributed by atoms with van der Waals surface area (Å²) in [6.07, 6.45) is 8.20. The van der Waals surface area contributed by atoms with Gasteiger partial charge in [0.1, 0.15) is 5.65 Å². The van der Waals surface area contributed by atoms with Crippen LogP contribution in [0, 0.1) is 0 Å². The van der Waals surface area contributed by atoms with Gasteiger partial charge in [0, 0.05) is 48.2 Å². The number of nitrogens with zero attached hydrogens (tertiary/aromatic N) is 3. The quantitative estimate of drug-likeness (QED) is 0.743. The molecular weight excluding hydrogens is 254 g/mol. The Kier molecular flexibility index (Phi) is 2.35. The molecule has 3 aromatic heterocycles. The topological polar surface area (TPSA) is 77.7 Å². The molecule has 0 aliphatic carbocycles. The van der Waals surface area contributed by atoms with E-state index in [0.29, 0.717) is 5.56 Å². The number of likely N-dealkylation sites (tertiary alicyclic amines) is 1. The van der Waals surface area contributed by atoms with E-state index in [4.69, 9.17) is 0 Å². The van der Waals surface area contributed by atoms with Gasteiger partial charge in [-0.15, -0.1) is 0 Å². The van der Waals surface area contributed by atoms with Crippen molar-refractivity contribution in [3.05, 3.63) is 36.4 Å². The summed E-state index contributed by atoms with van der Waals surface area (Å²) >= 11 is 0. The summed E-state index contributed by atoms with van der Waals surface area (Å²) in [6, 6.07) is 1.90. The van der Waals surface area contributed by atoms with Gasteiger partial charge in [-0.3, -0.25) is 9.89 Å². The van der Waals surface area contributed by atoms with Gasteiger partial charge in [0.2, 0.25) is 0 Å². The van der Waals surface area contributed by atoms with E-state index < -0.39 is 0 Å². The molecule has 6 heteroatoms. The first-order chi connectivity index (χ1) is 9.83. The predicted octanol–water partition coefficient (Wildman–Crippen LogP) is 1.80. The molecule has 0 radical (unpaired) electrons. The summed E-state index contributed by atoms with van der Waals surface area (Å²) in [7, 11) is 0. The second kappa shape index (κ2) is 4.19. The first-order valence-corrected chi connectivity index (χ1v) is 6.58. The maximum atomic E-state index is 12.2. The fourth-order valence-electron chi connectivity index (χ4n) is 2.46.